The van der Waals surface area contributed by atoms with Crippen LogP contribution in [0.1, 0.15) is 21.1 Å². The molecule has 0 bridgehead atoms. The molecule has 4 aromatic rings. The third-order valence-electron chi connectivity index (χ3n) is 3.39. The highest BCUT2D eigenvalue weighted by molar-refractivity contribution is 7.16. The summed E-state index contributed by atoms with van der Waals surface area (Å²) < 4.78 is 25.3. The minimum atomic E-state index is -2.71. The number of thiophene rings is 1. The van der Waals surface area contributed by atoms with E-state index in [0.717, 1.165) is 6.20 Å². The van der Waals surface area contributed by atoms with Crippen molar-refractivity contribution in [2.45, 2.75) is 6.43 Å². The van der Waals surface area contributed by atoms with Crippen molar-refractivity contribution in [1.29, 1.82) is 0 Å². The number of aromatic nitrogens is 4. The minimum Gasteiger partial charge on any atom is -0.305 e. The van der Waals surface area contributed by atoms with Crippen LogP contribution in [0.2, 0.25) is 0 Å². The zero-order chi connectivity index (χ0) is 18.1. The highest BCUT2D eigenvalue weighted by Crippen LogP contribution is 2.29. The van der Waals surface area contributed by atoms with Crippen LogP contribution in [0.15, 0.2) is 42.0 Å². The number of nitrogens with zero attached hydrogens (tertiary/aromatic N) is 4. The van der Waals surface area contributed by atoms with E-state index in [4.69, 9.17) is 0 Å². The third-order valence-corrected chi connectivity index (χ3v) is 5.20. The highest BCUT2D eigenvalue weighted by atomic mass is 32.1. The Hall–Kier alpha value is -2.85. The SMILES string of the molecule is O=C(Nc1nc(-c2ccccn2)nc2sccc12)c1cnc(C(F)F)s1. The normalized spacial score (nSPS) is 11.2. The number of halogens is 2. The van der Waals surface area contributed by atoms with E-state index in [2.05, 4.69) is 25.3 Å². The van der Waals surface area contributed by atoms with Crippen molar-refractivity contribution in [2.24, 2.45) is 0 Å². The summed E-state index contributed by atoms with van der Waals surface area (Å²) in [5, 5.41) is 4.77. The molecule has 6 nitrogen and oxygen atoms in total. The minimum absolute atomic E-state index is 0.0849. The molecule has 4 heterocycles. The molecule has 0 radical (unpaired) electrons. The van der Waals surface area contributed by atoms with Gasteiger partial charge in [-0.1, -0.05) is 6.07 Å². The molecular formula is C16H9F2N5OS2. The van der Waals surface area contributed by atoms with E-state index in [9.17, 15) is 13.6 Å². The first-order valence-corrected chi connectivity index (χ1v) is 9.03. The number of fused-ring (bicyclic) bond motifs is 1. The van der Waals surface area contributed by atoms with E-state index >= 15 is 0 Å². The summed E-state index contributed by atoms with van der Waals surface area (Å²) in [6.45, 7) is 0. The first kappa shape index (κ1) is 16.6. The van der Waals surface area contributed by atoms with Gasteiger partial charge >= 0.3 is 0 Å². The number of anilines is 1. The number of hydrogen-bond acceptors (Lipinski definition) is 7. The number of carbonyl (C=O) groups excluding carboxylic acids is 1. The molecule has 0 aromatic carbocycles. The Bertz CT molecular complexity index is 1080. The molecule has 1 N–H and O–H groups in total. The zero-order valence-corrected chi connectivity index (χ0v) is 14.5. The van der Waals surface area contributed by atoms with Crippen LogP contribution < -0.4 is 5.32 Å². The summed E-state index contributed by atoms with van der Waals surface area (Å²) in [5.74, 6) is 0.120. The molecule has 0 aliphatic heterocycles. The molecule has 0 fully saturated rings. The summed E-state index contributed by atoms with van der Waals surface area (Å²) in [6.07, 6.45) is 0.0475. The zero-order valence-electron chi connectivity index (χ0n) is 12.9. The smallest absolute Gasteiger partial charge is 0.289 e. The van der Waals surface area contributed by atoms with E-state index in [1.165, 1.54) is 11.3 Å². The molecule has 26 heavy (non-hydrogen) atoms. The maximum atomic E-state index is 12.7. The van der Waals surface area contributed by atoms with Crippen molar-refractivity contribution in [3.8, 4) is 11.5 Å². The Labute approximate surface area is 153 Å². The monoisotopic (exact) mass is 389 g/mol. The summed E-state index contributed by atoms with van der Waals surface area (Å²) in [5.41, 5.74) is 0.566. The van der Waals surface area contributed by atoms with E-state index in [-0.39, 0.29) is 4.88 Å². The molecule has 1 amide bonds. The Kier molecular flexibility index (Phi) is 4.35. The number of pyridine rings is 1. The second kappa shape index (κ2) is 6.81. The van der Waals surface area contributed by atoms with Gasteiger partial charge < -0.3 is 5.32 Å². The van der Waals surface area contributed by atoms with Crippen molar-refractivity contribution in [1.82, 2.24) is 19.9 Å². The fourth-order valence-corrected chi connectivity index (χ4v) is 3.66. The average Bonchev–Trinajstić information content (AvgIpc) is 3.32. The van der Waals surface area contributed by atoms with Crippen molar-refractivity contribution in [3.05, 3.63) is 51.9 Å². The Morgan fingerprint density at radius 1 is 1.15 bits per heavy atom. The fraction of sp³-hybridized carbons (Fsp3) is 0.0625. The standard InChI is InChI=1S/C16H9F2N5OS2/c17-11(18)16-20-7-10(26-16)14(24)22-12-8-4-6-25-15(8)23-13(21-12)9-3-1-2-5-19-9/h1-7,11H,(H,21,22,23,24). The summed E-state index contributed by atoms with van der Waals surface area (Å²) in [7, 11) is 0. The molecular weight excluding hydrogens is 380 g/mol. The van der Waals surface area contributed by atoms with E-state index in [0.29, 0.717) is 38.9 Å². The quantitative estimate of drug-likeness (QED) is 0.560. The third kappa shape index (κ3) is 3.16. The molecule has 0 saturated heterocycles. The van der Waals surface area contributed by atoms with E-state index in [1.54, 1.807) is 24.4 Å². The van der Waals surface area contributed by atoms with Crippen molar-refractivity contribution in [3.63, 3.8) is 0 Å². The molecule has 10 heteroatoms. The molecule has 0 unspecified atom stereocenters. The van der Waals surface area contributed by atoms with Crippen LogP contribution in [0.25, 0.3) is 21.7 Å². The van der Waals surface area contributed by atoms with Crippen LogP contribution in [0.5, 0.6) is 0 Å². The van der Waals surface area contributed by atoms with Crippen LogP contribution in [0.3, 0.4) is 0 Å². The average molecular weight is 389 g/mol. The number of thiazole rings is 1. The number of hydrogen-bond donors (Lipinski definition) is 1. The lowest BCUT2D eigenvalue weighted by atomic mass is 10.3. The van der Waals surface area contributed by atoms with Gasteiger partial charge in [-0.2, -0.15) is 0 Å². The predicted octanol–water partition coefficient (Wildman–Crippen LogP) is 4.40. The topological polar surface area (TPSA) is 80.7 Å². The Morgan fingerprint density at radius 3 is 2.77 bits per heavy atom. The summed E-state index contributed by atoms with van der Waals surface area (Å²) in [6, 6.07) is 7.14. The first-order chi connectivity index (χ1) is 12.6. The number of rotatable bonds is 4. The summed E-state index contributed by atoms with van der Waals surface area (Å²) in [4.78, 5) is 29.8. The first-order valence-electron chi connectivity index (χ1n) is 7.33. The van der Waals surface area contributed by atoms with Gasteiger partial charge in [0.2, 0.25) is 0 Å². The van der Waals surface area contributed by atoms with Gasteiger partial charge in [-0.3, -0.25) is 9.78 Å². The van der Waals surface area contributed by atoms with Gasteiger partial charge in [0, 0.05) is 6.20 Å². The van der Waals surface area contributed by atoms with Crippen LogP contribution >= 0.6 is 22.7 Å². The fourth-order valence-electron chi connectivity index (χ4n) is 2.22. The van der Waals surface area contributed by atoms with Gasteiger partial charge in [0.25, 0.3) is 12.3 Å². The number of alkyl halides is 2. The van der Waals surface area contributed by atoms with Gasteiger partial charge in [0.1, 0.15) is 21.2 Å². The van der Waals surface area contributed by atoms with Crippen LogP contribution in [0, 0.1) is 0 Å². The molecule has 4 aromatic heterocycles. The molecule has 0 aliphatic rings. The van der Waals surface area contributed by atoms with Crippen LogP contribution in [-0.4, -0.2) is 25.8 Å². The lowest BCUT2D eigenvalue weighted by molar-refractivity contribution is 0.103. The molecule has 0 aliphatic carbocycles. The van der Waals surface area contributed by atoms with Crippen LogP contribution in [0.4, 0.5) is 14.6 Å². The van der Waals surface area contributed by atoms with Crippen molar-refractivity contribution in [2.75, 3.05) is 5.32 Å². The van der Waals surface area contributed by atoms with Gasteiger partial charge in [-0.15, -0.1) is 22.7 Å². The predicted molar refractivity (Wildman–Crippen MR) is 95.7 cm³/mol. The van der Waals surface area contributed by atoms with Crippen LogP contribution in [-0.2, 0) is 0 Å². The second-order valence-electron chi connectivity index (χ2n) is 5.07. The van der Waals surface area contributed by atoms with Gasteiger partial charge in [0.05, 0.1) is 11.6 Å². The molecule has 4 rings (SSSR count). The van der Waals surface area contributed by atoms with Gasteiger partial charge in [0.15, 0.2) is 10.8 Å². The van der Waals surface area contributed by atoms with E-state index in [1.807, 2.05) is 11.4 Å². The molecule has 0 saturated carbocycles. The number of nitrogens with one attached hydrogen (secondary N) is 1. The molecule has 0 atom stereocenters. The van der Waals surface area contributed by atoms with E-state index < -0.39 is 17.3 Å². The lowest BCUT2D eigenvalue weighted by Crippen LogP contribution is -2.12. The summed E-state index contributed by atoms with van der Waals surface area (Å²) >= 11 is 2.05. The number of carbonyl (C=O) groups is 1. The van der Waals surface area contributed by atoms with Crippen molar-refractivity contribution >= 4 is 44.6 Å². The lowest BCUT2D eigenvalue weighted by Gasteiger charge is -2.06. The number of amides is 1. The Balaban J connectivity index is 1.71. The largest absolute Gasteiger partial charge is 0.305 e. The maximum absolute atomic E-state index is 12.7. The molecule has 130 valence electrons. The molecule has 0 spiro atoms. The highest BCUT2D eigenvalue weighted by Gasteiger charge is 2.19. The second-order valence-corrected chi connectivity index (χ2v) is 7.02. The Morgan fingerprint density at radius 2 is 2.04 bits per heavy atom. The van der Waals surface area contributed by atoms with Gasteiger partial charge in [-0.05, 0) is 23.6 Å². The van der Waals surface area contributed by atoms with Gasteiger partial charge in [-0.25, -0.2) is 23.7 Å². The maximum Gasteiger partial charge on any atom is 0.289 e. The van der Waals surface area contributed by atoms with Crippen molar-refractivity contribution < 1.29 is 13.6 Å².